The predicted molar refractivity (Wildman–Crippen MR) is 88.1 cm³/mol. The zero-order chi connectivity index (χ0) is 14.7. The van der Waals surface area contributed by atoms with Gasteiger partial charge >= 0.3 is 0 Å². The van der Waals surface area contributed by atoms with Crippen molar-refractivity contribution in [3.63, 3.8) is 0 Å². The fourth-order valence-electron chi connectivity index (χ4n) is 2.39. The Hall–Kier alpha value is -2.87. The Bertz CT molecular complexity index is 825. The van der Waals surface area contributed by atoms with Crippen molar-refractivity contribution in [2.45, 2.75) is 0 Å². The van der Waals surface area contributed by atoms with E-state index in [-0.39, 0.29) is 5.78 Å². The molecule has 1 heterocycles. The summed E-state index contributed by atoms with van der Waals surface area (Å²) in [6.45, 7) is 3.84. The first kappa shape index (κ1) is 13.1. The summed E-state index contributed by atoms with van der Waals surface area (Å²) in [7, 11) is 0. The number of rotatable bonds is 4. The Labute approximate surface area is 123 Å². The molecule has 0 amide bonds. The fourth-order valence-corrected chi connectivity index (χ4v) is 2.39. The molecule has 1 aromatic heterocycles. The maximum atomic E-state index is 12.1. The Morgan fingerprint density at radius 2 is 1.71 bits per heavy atom. The highest BCUT2D eigenvalue weighted by Crippen LogP contribution is 2.21. The van der Waals surface area contributed by atoms with Gasteiger partial charge in [-0.15, -0.1) is 0 Å². The number of allylic oxidation sites excluding steroid dienone is 1. The van der Waals surface area contributed by atoms with Crippen LogP contribution in [0, 0.1) is 0 Å². The molecule has 0 N–H and O–H groups in total. The van der Waals surface area contributed by atoms with Crippen molar-refractivity contribution in [1.29, 1.82) is 0 Å². The van der Waals surface area contributed by atoms with Crippen LogP contribution in [0.1, 0.15) is 16.1 Å². The molecule has 0 fully saturated rings. The number of benzene rings is 2. The number of carbonyl (C=O) groups is 1. The van der Waals surface area contributed by atoms with E-state index in [1.54, 1.807) is 12.3 Å². The molecule has 2 heteroatoms. The third kappa shape index (κ3) is 2.56. The molecule has 0 aliphatic carbocycles. The summed E-state index contributed by atoms with van der Waals surface area (Å²) in [5.41, 5.74) is 2.71. The number of hydrogen-bond acceptors (Lipinski definition) is 1. The normalized spacial score (nSPS) is 11.0. The standard InChI is InChI=1S/C19H15NO/c1-2-20-17(14-16-10-6-7-11-18(16)20)12-13-19(21)15-8-4-3-5-9-15/h2-14H,1H2/b13-12+. The number of ketones is 1. The zero-order valence-electron chi connectivity index (χ0n) is 11.6. The molecule has 0 atom stereocenters. The Balaban J connectivity index is 1.96. The molecular weight excluding hydrogens is 258 g/mol. The molecule has 21 heavy (non-hydrogen) atoms. The predicted octanol–water partition coefficient (Wildman–Crippen LogP) is 4.64. The van der Waals surface area contributed by atoms with Crippen molar-refractivity contribution in [3.05, 3.63) is 84.6 Å². The SMILES string of the molecule is C=Cn1c(/C=C/C(=O)c2ccccc2)cc2ccccc21. The van der Waals surface area contributed by atoms with E-state index in [9.17, 15) is 4.79 Å². The number of aromatic nitrogens is 1. The minimum atomic E-state index is -0.00327. The average molecular weight is 273 g/mol. The molecule has 2 nitrogen and oxygen atoms in total. The molecule has 0 unspecified atom stereocenters. The van der Waals surface area contributed by atoms with Gasteiger partial charge in [-0.3, -0.25) is 4.79 Å². The van der Waals surface area contributed by atoms with E-state index >= 15 is 0 Å². The van der Waals surface area contributed by atoms with Gasteiger partial charge in [0.1, 0.15) is 0 Å². The van der Waals surface area contributed by atoms with Crippen LogP contribution < -0.4 is 0 Å². The Kier molecular flexibility index (Phi) is 3.52. The van der Waals surface area contributed by atoms with E-state index < -0.39 is 0 Å². The average Bonchev–Trinajstić information content (AvgIpc) is 2.91. The molecule has 0 radical (unpaired) electrons. The Morgan fingerprint density at radius 1 is 1.00 bits per heavy atom. The van der Waals surface area contributed by atoms with E-state index in [0.717, 1.165) is 16.6 Å². The lowest BCUT2D eigenvalue weighted by atomic mass is 10.1. The first-order valence-electron chi connectivity index (χ1n) is 6.79. The lowest BCUT2D eigenvalue weighted by Crippen LogP contribution is -1.94. The molecule has 0 bridgehead atoms. The minimum Gasteiger partial charge on any atom is -0.317 e. The molecule has 0 spiro atoms. The first-order chi connectivity index (χ1) is 10.3. The van der Waals surface area contributed by atoms with Crippen molar-refractivity contribution in [1.82, 2.24) is 4.57 Å². The largest absolute Gasteiger partial charge is 0.317 e. The number of hydrogen-bond donors (Lipinski definition) is 0. The second kappa shape index (κ2) is 5.63. The molecule has 0 saturated carbocycles. The molecule has 0 saturated heterocycles. The third-order valence-electron chi connectivity index (χ3n) is 3.42. The summed E-state index contributed by atoms with van der Waals surface area (Å²) >= 11 is 0. The van der Waals surface area contributed by atoms with Crippen LogP contribution in [0.2, 0.25) is 0 Å². The van der Waals surface area contributed by atoms with Crippen LogP contribution in [0.3, 0.4) is 0 Å². The second-order valence-electron chi connectivity index (χ2n) is 4.74. The lowest BCUT2D eigenvalue weighted by molar-refractivity contribution is 0.104. The summed E-state index contributed by atoms with van der Waals surface area (Å²) in [6, 6.07) is 19.4. The topological polar surface area (TPSA) is 22.0 Å². The molecule has 102 valence electrons. The summed E-state index contributed by atoms with van der Waals surface area (Å²) < 4.78 is 1.98. The molecule has 3 aromatic rings. The van der Waals surface area contributed by atoms with Gasteiger partial charge in [0.25, 0.3) is 0 Å². The fraction of sp³-hybridized carbons (Fsp3) is 0. The van der Waals surface area contributed by atoms with Crippen LogP contribution in [0.15, 0.2) is 73.3 Å². The van der Waals surface area contributed by atoms with Gasteiger partial charge in [0, 0.05) is 22.8 Å². The van der Waals surface area contributed by atoms with Crippen LogP contribution in [-0.2, 0) is 0 Å². The quantitative estimate of drug-likeness (QED) is 0.501. The monoisotopic (exact) mass is 273 g/mol. The summed E-state index contributed by atoms with van der Waals surface area (Å²) in [4.78, 5) is 12.1. The molecule has 3 rings (SSSR count). The van der Waals surface area contributed by atoms with Gasteiger partial charge < -0.3 is 4.57 Å². The zero-order valence-corrected chi connectivity index (χ0v) is 11.6. The van der Waals surface area contributed by atoms with Gasteiger partial charge in [-0.05, 0) is 24.3 Å². The van der Waals surface area contributed by atoms with Crippen LogP contribution in [0.4, 0.5) is 0 Å². The summed E-state index contributed by atoms with van der Waals surface area (Å²) in [6.07, 6.45) is 5.19. The van der Waals surface area contributed by atoms with Crippen LogP contribution in [-0.4, -0.2) is 10.4 Å². The van der Waals surface area contributed by atoms with Crippen molar-refractivity contribution >= 4 is 29.0 Å². The lowest BCUT2D eigenvalue weighted by Gasteiger charge is -2.00. The highest BCUT2D eigenvalue weighted by Gasteiger charge is 2.05. The molecule has 0 aliphatic rings. The van der Waals surface area contributed by atoms with E-state index in [1.807, 2.05) is 71.3 Å². The van der Waals surface area contributed by atoms with Crippen LogP contribution >= 0.6 is 0 Å². The summed E-state index contributed by atoms with van der Waals surface area (Å²) in [5, 5.41) is 1.13. The number of nitrogens with zero attached hydrogens (tertiary/aromatic N) is 1. The van der Waals surface area contributed by atoms with E-state index in [2.05, 4.69) is 6.58 Å². The highest BCUT2D eigenvalue weighted by molar-refractivity contribution is 6.07. The van der Waals surface area contributed by atoms with Crippen molar-refractivity contribution in [2.75, 3.05) is 0 Å². The van der Waals surface area contributed by atoms with Crippen molar-refractivity contribution in [2.24, 2.45) is 0 Å². The number of carbonyl (C=O) groups excluding carboxylic acids is 1. The highest BCUT2D eigenvalue weighted by atomic mass is 16.1. The first-order valence-corrected chi connectivity index (χ1v) is 6.79. The smallest absolute Gasteiger partial charge is 0.185 e. The van der Waals surface area contributed by atoms with Crippen molar-refractivity contribution < 1.29 is 4.79 Å². The Morgan fingerprint density at radius 3 is 2.48 bits per heavy atom. The van der Waals surface area contributed by atoms with Crippen LogP contribution in [0.25, 0.3) is 23.2 Å². The van der Waals surface area contributed by atoms with E-state index in [4.69, 9.17) is 0 Å². The maximum absolute atomic E-state index is 12.1. The maximum Gasteiger partial charge on any atom is 0.185 e. The van der Waals surface area contributed by atoms with Gasteiger partial charge in [0.15, 0.2) is 5.78 Å². The van der Waals surface area contributed by atoms with Crippen molar-refractivity contribution in [3.8, 4) is 0 Å². The second-order valence-corrected chi connectivity index (χ2v) is 4.74. The number of para-hydroxylation sites is 1. The van der Waals surface area contributed by atoms with Gasteiger partial charge in [-0.1, -0.05) is 55.1 Å². The third-order valence-corrected chi connectivity index (χ3v) is 3.42. The summed E-state index contributed by atoms with van der Waals surface area (Å²) in [5.74, 6) is -0.00327. The molecule has 2 aromatic carbocycles. The number of fused-ring (bicyclic) bond motifs is 1. The van der Waals surface area contributed by atoms with Gasteiger partial charge in [0.2, 0.25) is 0 Å². The van der Waals surface area contributed by atoms with Crippen LogP contribution in [0.5, 0.6) is 0 Å². The molecule has 0 aliphatic heterocycles. The minimum absolute atomic E-state index is 0.00327. The molecular formula is C19H15NO. The van der Waals surface area contributed by atoms with Gasteiger partial charge in [-0.25, -0.2) is 0 Å². The van der Waals surface area contributed by atoms with Gasteiger partial charge in [-0.2, -0.15) is 0 Å². The van der Waals surface area contributed by atoms with E-state index in [1.165, 1.54) is 0 Å². The van der Waals surface area contributed by atoms with E-state index in [0.29, 0.717) is 5.56 Å². The van der Waals surface area contributed by atoms with Gasteiger partial charge in [0.05, 0.1) is 5.52 Å².